The quantitative estimate of drug-likeness (QED) is 0.931. The number of aliphatic hydroxyl groups excluding tert-OH is 1. The summed E-state index contributed by atoms with van der Waals surface area (Å²) in [5.41, 5.74) is 0.673. The Kier molecular flexibility index (Phi) is 3.78. The van der Waals surface area contributed by atoms with E-state index >= 15 is 0 Å². The lowest BCUT2D eigenvalue weighted by Crippen LogP contribution is -2.32. The van der Waals surface area contributed by atoms with Crippen LogP contribution in [0, 0.1) is 11.8 Å². The number of halogens is 1. The number of nitrogens with zero attached hydrogens (tertiary/aromatic N) is 2. The number of fused-ring (bicyclic) bond motifs is 1. The zero-order chi connectivity index (χ0) is 14.3. The van der Waals surface area contributed by atoms with Crippen molar-refractivity contribution in [3.05, 3.63) is 23.0 Å². The first-order chi connectivity index (χ1) is 9.60. The van der Waals surface area contributed by atoms with E-state index in [1.807, 2.05) is 15.7 Å². The lowest BCUT2D eigenvalue weighted by Gasteiger charge is -2.19. The Morgan fingerprint density at radius 1 is 1.45 bits per heavy atom. The first-order valence-electron chi connectivity index (χ1n) is 7.43. The Morgan fingerprint density at radius 2 is 2.25 bits per heavy atom. The molecule has 0 spiro atoms. The van der Waals surface area contributed by atoms with Crippen LogP contribution in [-0.4, -0.2) is 39.7 Å². The maximum Gasteiger partial charge on any atom is 0.270 e. The molecule has 2 heterocycles. The molecule has 3 unspecified atom stereocenters. The zero-order valence-corrected chi connectivity index (χ0v) is 12.5. The number of aromatic nitrogens is 1. The number of aliphatic hydroxyl groups is 1. The predicted molar refractivity (Wildman–Crippen MR) is 77.9 cm³/mol. The molecule has 1 saturated carbocycles. The van der Waals surface area contributed by atoms with E-state index in [0.29, 0.717) is 23.2 Å². The summed E-state index contributed by atoms with van der Waals surface area (Å²) < 4.78 is 1.94. The van der Waals surface area contributed by atoms with Gasteiger partial charge in [-0.3, -0.25) is 4.79 Å². The molecule has 3 atom stereocenters. The van der Waals surface area contributed by atoms with E-state index in [1.165, 1.54) is 0 Å². The minimum absolute atomic E-state index is 0.0481. The Bertz CT molecular complexity index is 514. The molecule has 3 rings (SSSR count). The van der Waals surface area contributed by atoms with Crippen LogP contribution in [0.1, 0.15) is 36.7 Å². The van der Waals surface area contributed by atoms with Gasteiger partial charge in [0.05, 0.1) is 11.1 Å². The van der Waals surface area contributed by atoms with Gasteiger partial charge in [0.15, 0.2) is 0 Å². The van der Waals surface area contributed by atoms with Crippen molar-refractivity contribution in [2.24, 2.45) is 11.8 Å². The maximum atomic E-state index is 12.7. The first kappa shape index (κ1) is 14.0. The normalized spacial score (nSPS) is 28.9. The average molecular weight is 297 g/mol. The maximum absolute atomic E-state index is 12.7. The van der Waals surface area contributed by atoms with E-state index in [2.05, 4.69) is 6.92 Å². The monoisotopic (exact) mass is 296 g/mol. The van der Waals surface area contributed by atoms with Crippen LogP contribution in [0.15, 0.2) is 12.3 Å². The molecule has 110 valence electrons. The van der Waals surface area contributed by atoms with Crippen molar-refractivity contribution >= 4 is 17.5 Å². The SMILES string of the molecule is CCCn1cc(Cl)cc1C(=O)N1CC2CCC(O)C2C1. The van der Waals surface area contributed by atoms with Crippen LogP contribution in [0.2, 0.25) is 5.02 Å². The topological polar surface area (TPSA) is 45.5 Å². The predicted octanol–water partition coefficient (Wildman–Crippen LogP) is 2.39. The summed E-state index contributed by atoms with van der Waals surface area (Å²) in [5, 5.41) is 10.6. The Morgan fingerprint density at radius 3 is 2.95 bits per heavy atom. The van der Waals surface area contributed by atoms with E-state index in [-0.39, 0.29) is 17.9 Å². The highest BCUT2D eigenvalue weighted by Gasteiger charge is 2.43. The number of hydrogen-bond donors (Lipinski definition) is 1. The van der Waals surface area contributed by atoms with Gasteiger partial charge in [-0.15, -0.1) is 0 Å². The third kappa shape index (κ3) is 2.35. The Labute approximate surface area is 124 Å². The molecule has 2 aliphatic rings. The van der Waals surface area contributed by atoms with Gasteiger partial charge >= 0.3 is 0 Å². The lowest BCUT2D eigenvalue weighted by atomic mass is 10.00. The number of carbonyl (C=O) groups is 1. The second-order valence-electron chi connectivity index (χ2n) is 6.02. The summed E-state index contributed by atoms with van der Waals surface area (Å²) in [6.45, 7) is 4.34. The minimum atomic E-state index is -0.233. The van der Waals surface area contributed by atoms with Gasteiger partial charge in [0.25, 0.3) is 5.91 Å². The molecule has 1 aromatic rings. The Balaban J connectivity index is 1.77. The molecule has 2 fully saturated rings. The standard InChI is InChI=1S/C15H21ClN2O2/c1-2-5-17-8-11(16)6-13(17)15(20)18-7-10-3-4-14(19)12(10)9-18/h6,8,10,12,14,19H,2-5,7,9H2,1H3. The van der Waals surface area contributed by atoms with Crippen LogP contribution >= 0.6 is 11.6 Å². The largest absolute Gasteiger partial charge is 0.393 e. The number of carbonyl (C=O) groups excluding carboxylic acids is 1. The zero-order valence-electron chi connectivity index (χ0n) is 11.8. The van der Waals surface area contributed by atoms with Gasteiger partial charge in [0.1, 0.15) is 5.69 Å². The van der Waals surface area contributed by atoms with Gasteiger partial charge in [-0.1, -0.05) is 18.5 Å². The van der Waals surface area contributed by atoms with Gasteiger partial charge in [-0.2, -0.15) is 0 Å². The molecule has 0 aromatic carbocycles. The van der Waals surface area contributed by atoms with Crippen molar-refractivity contribution in [1.29, 1.82) is 0 Å². The molecule has 1 aliphatic carbocycles. The minimum Gasteiger partial charge on any atom is -0.393 e. The third-order valence-corrected chi connectivity index (χ3v) is 4.86. The molecule has 20 heavy (non-hydrogen) atoms. The first-order valence-corrected chi connectivity index (χ1v) is 7.81. The van der Waals surface area contributed by atoms with Crippen molar-refractivity contribution in [1.82, 2.24) is 9.47 Å². The average Bonchev–Trinajstić information content (AvgIpc) is 3.06. The molecule has 1 aliphatic heterocycles. The second-order valence-corrected chi connectivity index (χ2v) is 6.45. The smallest absolute Gasteiger partial charge is 0.270 e. The van der Waals surface area contributed by atoms with Crippen LogP contribution in [0.5, 0.6) is 0 Å². The van der Waals surface area contributed by atoms with Gasteiger partial charge in [-0.25, -0.2) is 0 Å². The fraction of sp³-hybridized carbons (Fsp3) is 0.667. The van der Waals surface area contributed by atoms with Crippen molar-refractivity contribution in [3.63, 3.8) is 0 Å². The number of amides is 1. The van der Waals surface area contributed by atoms with E-state index < -0.39 is 0 Å². The Hall–Kier alpha value is -1.00. The van der Waals surface area contributed by atoms with Gasteiger partial charge < -0.3 is 14.6 Å². The third-order valence-electron chi connectivity index (χ3n) is 4.65. The van der Waals surface area contributed by atoms with E-state index in [4.69, 9.17) is 11.6 Å². The van der Waals surface area contributed by atoms with Gasteiger partial charge in [-0.05, 0) is 31.2 Å². The fourth-order valence-electron chi connectivity index (χ4n) is 3.64. The van der Waals surface area contributed by atoms with Crippen LogP contribution < -0.4 is 0 Å². The highest BCUT2D eigenvalue weighted by Crippen LogP contribution is 2.38. The van der Waals surface area contributed by atoms with Crippen molar-refractivity contribution in [2.45, 2.75) is 38.8 Å². The van der Waals surface area contributed by atoms with Crippen molar-refractivity contribution in [3.8, 4) is 0 Å². The molecule has 0 bridgehead atoms. The van der Waals surface area contributed by atoms with Crippen LogP contribution in [0.4, 0.5) is 0 Å². The van der Waals surface area contributed by atoms with Gasteiger partial charge in [0.2, 0.25) is 0 Å². The molecule has 5 heteroatoms. The van der Waals surface area contributed by atoms with E-state index in [1.54, 1.807) is 6.07 Å². The summed E-state index contributed by atoms with van der Waals surface area (Å²) in [6.07, 6.45) is 4.48. The molecular weight excluding hydrogens is 276 g/mol. The molecule has 1 N–H and O–H groups in total. The lowest BCUT2D eigenvalue weighted by molar-refractivity contribution is 0.0742. The number of hydrogen-bond acceptors (Lipinski definition) is 2. The molecule has 1 amide bonds. The summed E-state index contributed by atoms with van der Waals surface area (Å²) in [4.78, 5) is 14.5. The van der Waals surface area contributed by atoms with E-state index in [0.717, 1.165) is 32.4 Å². The highest BCUT2D eigenvalue weighted by molar-refractivity contribution is 6.31. The summed E-state index contributed by atoms with van der Waals surface area (Å²) >= 11 is 6.04. The van der Waals surface area contributed by atoms with Crippen LogP contribution in [0.25, 0.3) is 0 Å². The molecule has 0 radical (unpaired) electrons. The van der Waals surface area contributed by atoms with Crippen LogP contribution in [-0.2, 0) is 6.54 Å². The molecular formula is C15H21ClN2O2. The highest BCUT2D eigenvalue weighted by atomic mass is 35.5. The summed E-state index contributed by atoms with van der Waals surface area (Å²) in [6, 6.07) is 1.75. The number of rotatable bonds is 3. The molecule has 4 nitrogen and oxygen atoms in total. The van der Waals surface area contributed by atoms with Gasteiger partial charge in [0, 0.05) is 31.7 Å². The number of aryl methyl sites for hydroxylation is 1. The summed E-state index contributed by atoms with van der Waals surface area (Å²) in [7, 11) is 0. The van der Waals surface area contributed by atoms with Crippen LogP contribution in [0.3, 0.4) is 0 Å². The molecule has 1 aromatic heterocycles. The second kappa shape index (κ2) is 5.41. The fourth-order valence-corrected chi connectivity index (χ4v) is 3.87. The summed E-state index contributed by atoms with van der Waals surface area (Å²) in [5.74, 6) is 0.787. The number of likely N-dealkylation sites (tertiary alicyclic amines) is 1. The molecule has 1 saturated heterocycles. The van der Waals surface area contributed by atoms with Crippen molar-refractivity contribution < 1.29 is 9.90 Å². The van der Waals surface area contributed by atoms with E-state index in [9.17, 15) is 9.90 Å². The van der Waals surface area contributed by atoms with Crippen molar-refractivity contribution in [2.75, 3.05) is 13.1 Å².